The molecule has 0 saturated carbocycles. The summed E-state index contributed by atoms with van der Waals surface area (Å²) in [5.74, 6) is 0.683. The lowest BCUT2D eigenvalue weighted by Crippen LogP contribution is -2.38. The molecule has 0 radical (unpaired) electrons. The van der Waals surface area contributed by atoms with E-state index >= 15 is 0 Å². The topological polar surface area (TPSA) is 97.9 Å². The molecule has 1 atom stereocenters. The minimum atomic E-state index is -0.908. The van der Waals surface area contributed by atoms with Gasteiger partial charge in [0.05, 0.1) is 18.8 Å². The number of aromatic nitrogens is 1. The van der Waals surface area contributed by atoms with Crippen molar-refractivity contribution in [1.82, 2.24) is 9.88 Å². The number of hydrogen-bond donors (Lipinski definition) is 2. The average molecular weight is 267 g/mol. The van der Waals surface area contributed by atoms with E-state index in [2.05, 4.69) is 4.98 Å². The molecule has 0 aliphatic carbocycles. The summed E-state index contributed by atoms with van der Waals surface area (Å²) in [6.07, 6.45) is 0.756. The number of nitrogens with zero attached hydrogens (tertiary/aromatic N) is 2. The van der Waals surface area contributed by atoms with Gasteiger partial charge in [0, 0.05) is 12.6 Å². The van der Waals surface area contributed by atoms with E-state index in [0.717, 1.165) is 12.8 Å². The standard InChI is InChI=1S/C12H17N3O4/c1-18-11-9(13)4-5-10(14-11)19-7-8-3-2-6-15(8)12(16)17/h4-5,8H,2-3,6-7,13H2,1H3,(H,16,17)/t8-/m0/s1. The summed E-state index contributed by atoms with van der Waals surface area (Å²) in [6.45, 7) is 0.841. The maximum absolute atomic E-state index is 11.0. The number of amides is 1. The Kier molecular flexibility index (Phi) is 3.94. The number of ether oxygens (including phenoxy) is 2. The molecule has 0 spiro atoms. The Morgan fingerprint density at radius 3 is 3.11 bits per heavy atom. The lowest BCUT2D eigenvalue weighted by atomic mass is 10.2. The zero-order valence-corrected chi connectivity index (χ0v) is 10.7. The lowest BCUT2D eigenvalue weighted by molar-refractivity contribution is 0.122. The van der Waals surface area contributed by atoms with Gasteiger partial charge in [-0.25, -0.2) is 4.79 Å². The van der Waals surface area contributed by atoms with Crippen LogP contribution in [0.1, 0.15) is 12.8 Å². The van der Waals surface area contributed by atoms with Crippen LogP contribution >= 0.6 is 0 Å². The highest BCUT2D eigenvalue weighted by Crippen LogP contribution is 2.23. The van der Waals surface area contributed by atoms with Crippen LogP contribution in [0.4, 0.5) is 10.5 Å². The number of methoxy groups -OCH3 is 1. The largest absolute Gasteiger partial charge is 0.479 e. The number of nitrogen functional groups attached to an aromatic ring is 1. The van der Waals surface area contributed by atoms with E-state index in [1.807, 2.05) is 0 Å². The first-order valence-corrected chi connectivity index (χ1v) is 6.04. The van der Waals surface area contributed by atoms with Gasteiger partial charge in [0.2, 0.25) is 11.8 Å². The molecular formula is C12H17N3O4. The zero-order chi connectivity index (χ0) is 13.8. The van der Waals surface area contributed by atoms with Crippen molar-refractivity contribution in [3.8, 4) is 11.8 Å². The van der Waals surface area contributed by atoms with Gasteiger partial charge in [0.15, 0.2) is 0 Å². The molecule has 104 valence electrons. The summed E-state index contributed by atoms with van der Waals surface area (Å²) in [6, 6.07) is 3.16. The Labute approximate surface area is 110 Å². The zero-order valence-electron chi connectivity index (χ0n) is 10.7. The molecule has 19 heavy (non-hydrogen) atoms. The highest BCUT2D eigenvalue weighted by molar-refractivity contribution is 5.65. The van der Waals surface area contributed by atoms with Gasteiger partial charge in [-0.05, 0) is 18.9 Å². The molecule has 1 aromatic heterocycles. The van der Waals surface area contributed by atoms with Gasteiger partial charge >= 0.3 is 6.09 Å². The molecule has 1 aromatic rings. The van der Waals surface area contributed by atoms with E-state index in [0.29, 0.717) is 24.0 Å². The van der Waals surface area contributed by atoms with Crippen LogP contribution in [-0.4, -0.2) is 47.4 Å². The predicted octanol–water partition coefficient (Wildman–Crippen LogP) is 1.19. The molecule has 1 amide bonds. The molecule has 0 aromatic carbocycles. The fourth-order valence-corrected chi connectivity index (χ4v) is 2.12. The van der Waals surface area contributed by atoms with E-state index in [4.69, 9.17) is 20.3 Å². The van der Waals surface area contributed by atoms with E-state index in [1.165, 1.54) is 12.0 Å². The molecule has 0 bridgehead atoms. The molecule has 1 aliphatic heterocycles. The van der Waals surface area contributed by atoms with E-state index in [-0.39, 0.29) is 12.6 Å². The molecular weight excluding hydrogens is 250 g/mol. The normalized spacial score (nSPS) is 18.4. The second-order valence-electron chi connectivity index (χ2n) is 4.33. The fourth-order valence-electron chi connectivity index (χ4n) is 2.12. The summed E-state index contributed by atoms with van der Waals surface area (Å²) < 4.78 is 10.5. The Balaban J connectivity index is 1.97. The van der Waals surface area contributed by atoms with E-state index in [1.54, 1.807) is 12.1 Å². The van der Waals surface area contributed by atoms with Gasteiger partial charge in [-0.15, -0.1) is 0 Å². The number of pyridine rings is 1. The molecule has 1 aliphatic rings. The number of nitrogens with two attached hydrogens (primary N) is 1. The SMILES string of the molecule is COc1nc(OC[C@@H]2CCCN2C(=O)O)ccc1N. The van der Waals surface area contributed by atoms with Crippen LogP contribution in [0.15, 0.2) is 12.1 Å². The number of carbonyl (C=O) groups is 1. The van der Waals surface area contributed by atoms with Crippen molar-refractivity contribution in [3.05, 3.63) is 12.1 Å². The first-order valence-electron chi connectivity index (χ1n) is 6.04. The Morgan fingerprint density at radius 2 is 2.42 bits per heavy atom. The summed E-state index contributed by atoms with van der Waals surface area (Å²) in [5, 5.41) is 9.02. The van der Waals surface area contributed by atoms with E-state index in [9.17, 15) is 4.79 Å². The second-order valence-corrected chi connectivity index (χ2v) is 4.33. The predicted molar refractivity (Wildman–Crippen MR) is 68.4 cm³/mol. The molecule has 1 saturated heterocycles. The van der Waals surface area contributed by atoms with Crippen molar-refractivity contribution >= 4 is 11.8 Å². The molecule has 7 nitrogen and oxygen atoms in total. The van der Waals surface area contributed by atoms with Crippen LogP contribution < -0.4 is 15.2 Å². The van der Waals surface area contributed by atoms with Crippen LogP contribution in [0.5, 0.6) is 11.8 Å². The number of carboxylic acid groups (broad SMARTS) is 1. The summed E-state index contributed by atoms with van der Waals surface area (Å²) >= 11 is 0. The fraction of sp³-hybridized carbons (Fsp3) is 0.500. The third kappa shape index (κ3) is 2.98. The van der Waals surface area contributed by atoms with E-state index < -0.39 is 6.09 Å². The quantitative estimate of drug-likeness (QED) is 0.850. The first-order chi connectivity index (χ1) is 9.11. The van der Waals surface area contributed by atoms with Crippen LogP contribution in [-0.2, 0) is 0 Å². The smallest absolute Gasteiger partial charge is 0.407 e. The number of likely N-dealkylation sites (tertiary alicyclic amines) is 1. The van der Waals surface area contributed by atoms with Crippen molar-refractivity contribution in [2.24, 2.45) is 0 Å². The summed E-state index contributed by atoms with van der Waals surface area (Å²) in [5.41, 5.74) is 6.08. The van der Waals surface area contributed by atoms with Gasteiger partial charge in [0.1, 0.15) is 6.61 Å². The maximum Gasteiger partial charge on any atom is 0.407 e. The van der Waals surface area contributed by atoms with Crippen LogP contribution in [0.2, 0.25) is 0 Å². The highest BCUT2D eigenvalue weighted by Gasteiger charge is 2.29. The van der Waals surface area contributed by atoms with Crippen molar-refractivity contribution in [2.75, 3.05) is 26.0 Å². The summed E-state index contributed by atoms with van der Waals surface area (Å²) in [4.78, 5) is 16.5. The average Bonchev–Trinajstić information content (AvgIpc) is 2.86. The Bertz CT molecular complexity index is 466. The van der Waals surface area contributed by atoms with Gasteiger partial charge in [-0.2, -0.15) is 4.98 Å². The van der Waals surface area contributed by atoms with Crippen LogP contribution in [0, 0.1) is 0 Å². The molecule has 0 unspecified atom stereocenters. The third-order valence-electron chi connectivity index (χ3n) is 3.10. The first kappa shape index (κ1) is 13.3. The van der Waals surface area contributed by atoms with Crippen LogP contribution in [0.25, 0.3) is 0 Å². The molecule has 3 N–H and O–H groups in total. The van der Waals surface area contributed by atoms with Crippen molar-refractivity contribution in [3.63, 3.8) is 0 Å². The number of hydrogen-bond acceptors (Lipinski definition) is 5. The third-order valence-corrected chi connectivity index (χ3v) is 3.10. The van der Waals surface area contributed by atoms with Gasteiger partial charge in [-0.3, -0.25) is 0 Å². The van der Waals surface area contributed by atoms with Crippen molar-refractivity contribution in [2.45, 2.75) is 18.9 Å². The van der Waals surface area contributed by atoms with Crippen molar-refractivity contribution in [1.29, 1.82) is 0 Å². The molecule has 1 fully saturated rings. The molecule has 2 heterocycles. The lowest BCUT2D eigenvalue weighted by Gasteiger charge is -2.21. The summed E-state index contributed by atoms with van der Waals surface area (Å²) in [7, 11) is 1.48. The monoisotopic (exact) mass is 267 g/mol. The Morgan fingerprint density at radius 1 is 1.63 bits per heavy atom. The minimum absolute atomic E-state index is 0.122. The maximum atomic E-state index is 11.0. The minimum Gasteiger partial charge on any atom is -0.479 e. The molecule has 2 rings (SSSR count). The number of rotatable bonds is 4. The highest BCUT2D eigenvalue weighted by atomic mass is 16.5. The van der Waals surface area contributed by atoms with Crippen molar-refractivity contribution < 1.29 is 19.4 Å². The Hall–Kier alpha value is -2.18. The van der Waals surface area contributed by atoms with Crippen LogP contribution in [0.3, 0.4) is 0 Å². The molecule has 7 heteroatoms. The number of anilines is 1. The van der Waals surface area contributed by atoms with Gasteiger partial charge in [-0.1, -0.05) is 0 Å². The van der Waals surface area contributed by atoms with Gasteiger partial charge in [0.25, 0.3) is 0 Å². The van der Waals surface area contributed by atoms with Gasteiger partial charge < -0.3 is 25.2 Å². The second kappa shape index (κ2) is 5.64.